The standard InChI is InChI=1S/C16H17Br/c1-13(15-10-6-3-7-11-15)16(17)12-14-8-4-2-5-9-14/h2-11,13,16H,12H2,1H3. The molecule has 0 aromatic heterocycles. The quantitative estimate of drug-likeness (QED) is 0.709. The van der Waals surface area contributed by atoms with Crippen LogP contribution in [-0.4, -0.2) is 4.83 Å². The van der Waals surface area contributed by atoms with Gasteiger partial charge >= 0.3 is 0 Å². The van der Waals surface area contributed by atoms with Gasteiger partial charge in [0.15, 0.2) is 0 Å². The van der Waals surface area contributed by atoms with Crippen molar-refractivity contribution < 1.29 is 0 Å². The van der Waals surface area contributed by atoms with Crippen LogP contribution in [0.15, 0.2) is 60.7 Å². The Morgan fingerprint density at radius 3 is 2.00 bits per heavy atom. The minimum atomic E-state index is 0.479. The Morgan fingerprint density at radius 2 is 1.41 bits per heavy atom. The molecule has 2 aromatic carbocycles. The zero-order valence-electron chi connectivity index (χ0n) is 10.0. The van der Waals surface area contributed by atoms with Gasteiger partial charge in [-0.25, -0.2) is 0 Å². The van der Waals surface area contributed by atoms with E-state index in [0.29, 0.717) is 10.7 Å². The molecule has 0 radical (unpaired) electrons. The summed E-state index contributed by atoms with van der Waals surface area (Å²) in [5.74, 6) is 0.524. The van der Waals surface area contributed by atoms with E-state index >= 15 is 0 Å². The summed E-state index contributed by atoms with van der Waals surface area (Å²) in [4.78, 5) is 0.479. The molecular weight excluding hydrogens is 272 g/mol. The van der Waals surface area contributed by atoms with Crippen molar-refractivity contribution in [2.24, 2.45) is 0 Å². The highest BCUT2D eigenvalue weighted by molar-refractivity contribution is 9.09. The molecule has 1 heteroatoms. The first-order valence-electron chi connectivity index (χ1n) is 6.00. The van der Waals surface area contributed by atoms with Crippen molar-refractivity contribution in [3.63, 3.8) is 0 Å². The lowest BCUT2D eigenvalue weighted by atomic mass is 9.94. The molecule has 0 aliphatic rings. The Balaban J connectivity index is 2.03. The summed E-state index contributed by atoms with van der Waals surface area (Å²) in [6.07, 6.45) is 1.07. The second-order valence-corrected chi connectivity index (χ2v) is 5.58. The summed E-state index contributed by atoms with van der Waals surface area (Å²) >= 11 is 3.82. The molecule has 17 heavy (non-hydrogen) atoms. The molecule has 0 aliphatic carbocycles. The van der Waals surface area contributed by atoms with Crippen LogP contribution in [0.25, 0.3) is 0 Å². The van der Waals surface area contributed by atoms with E-state index in [2.05, 4.69) is 83.5 Å². The van der Waals surface area contributed by atoms with Crippen molar-refractivity contribution in [3.8, 4) is 0 Å². The molecule has 88 valence electrons. The highest BCUT2D eigenvalue weighted by Crippen LogP contribution is 2.27. The van der Waals surface area contributed by atoms with E-state index in [0.717, 1.165) is 6.42 Å². The monoisotopic (exact) mass is 288 g/mol. The molecular formula is C16H17Br. The first-order chi connectivity index (χ1) is 8.27. The number of benzene rings is 2. The number of rotatable bonds is 4. The predicted molar refractivity (Wildman–Crippen MR) is 77.7 cm³/mol. The van der Waals surface area contributed by atoms with Crippen LogP contribution < -0.4 is 0 Å². The average molecular weight is 289 g/mol. The van der Waals surface area contributed by atoms with Gasteiger partial charge in [0.05, 0.1) is 0 Å². The molecule has 0 saturated carbocycles. The van der Waals surface area contributed by atoms with Gasteiger partial charge in [0.2, 0.25) is 0 Å². The van der Waals surface area contributed by atoms with Crippen LogP contribution in [0, 0.1) is 0 Å². The first kappa shape index (κ1) is 12.4. The lowest BCUT2D eigenvalue weighted by molar-refractivity contribution is 0.709. The number of halogens is 1. The topological polar surface area (TPSA) is 0 Å². The summed E-state index contributed by atoms with van der Waals surface area (Å²) < 4.78 is 0. The van der Waals surface area contributed by atoms with Gasteiger partial charge in [-0.15, -0.1) is 0 Å². The number of hydrogen-bond acceptors (Lipinski definition) is 0. The van der Waals surface area contributed by atoms with Crippen molar-refractivity contribution in [3.05, 3.63) is 71.8 Å². The van der Waals surface area contributed by atoms with Crippen LogP contribution in [0.5, 0.6) is 0 Å². The normalized spacial score (nSPS) is 14.2. The third-order valence-corrected chi connectivity index (χ3v) is 4.26. The molecule has 0 heterocycles. The maximum Gasteiger partial charge on any atom is 0.0252 e. The van der Waals surface area contributed by atoms with E-state index in [1.54, 1.807) is 0 Å². The highest BCUT2D eigenvalue weighted by atomic mass is 79.9. The number of hydrogen-bond donors (Lipinski definition) is 0. The van der Waals surface area contributed by atoms with Gasteiger partial charge in [-0.2, -0.15) is 0 Å². The molecule has 0 bridgehead atoms. The molecule has 2 rings (SSSR count). The highest BCUT2D eigenvalue weighted by Gasteiger charge is 2.15. The van der Waals surface area contributed by atoms with Crippen LogP contribution in [-0.2, 0) is 6.42 Å². The third-order valence-electron chi connectivity index (χ3n) is 3.14. The van der Waals surface area contributed by atoms with Gasteiger partial charge in [-0.05, 0) is 23.5 Å². The fourth-order valence-corrected chi connectivity index (χ4v) is 2.66. The average Bonchev–Trinajstić information content (AvgIpc) is 2.40. The summed E-state index contributed by atoms with van der Waals surface area (Å²) in [5, 5.41) is 0. The molecule has 0 amide bonds. The Bertz CT molecular complexity index is 436. The summed E-state index contributed by atoms with van der Waals surface area (Å²) in [6.45, 7) is 2.28. The van der Waals surface area contributed by atoms with E-state index in [-0.39, 0.29) is 0 Å². The van der Waals surface area contributed by atoms with Gasteiger partial charge in [-0.1, -0.05) is 83.5 Å². The zero-order chi connectivity index (χ0) is 12.1. The number of alkyl halides is 1. The molecule has 2 unspecified atom stereocenters. The van der Waals surface area contributed by atoms with E-state index in [9.17, 15) is 0 Å². The molecule has 2 atom stereocenters. The summed E-state index contributed by atoms with van der Waals surface area (Å²) in [6, 6.07) is 21.3. The molecule has 0 fully saturated rings. The van der Waals surface area contributed by atoms with E-state index in [1.807, 2.05) is 0 Å². The van der Waals surface area contributed by atoms with Crippen molar-refractivity contribution in [1.29, 1.82) is 0 Å². The van der Waals surface area contributed by atoms with Crippen LogP contribution in [0.4, 0.5) is 0 Å². The fraction of sp³-hybridized carbons (Fsp3) is 0.250. The summed E-state index contributed by atoms with van der Waals surface area (Å²) in [5.41, 5.74) is 2.78. The van der Waals surface area contributed by atoms with Crippen molar-refractivity contribution >= 4 is 15.9 Å². The Labute approximate surface area is 112 Å². The van der Waals surface area contributed by atoms with Crippen LogP contribution in [0.1, 0.15) is 24.0 Å². The molecule has 0 spiro atoms. The lowest BCUT2D eigenvalue weighted by Crippen LogP contribution is -2.12. The second-order valence-electron chi connectivity index (χ2n) is 4.41. The Morgan fingerprint density at radius 1 is 0.882 bits per heavy atom. The predicted octanol–water partition coefficient (Wildman–Crippen LogP) is 4.80. The van der Waals surface area contributed by atoms with Crippen LogP contribution >= 0.6 is 15.9 Å². The van der Waals surface area contributed by atoms with E-state index in [1.165, 1.54) is 11.1 Å². The second kappa shape index (κ2) is 6.02. The molecule has 0 N–H and O–H groups in total. The Hall–Kier alpha value is -1.08. The Kier molecular flexibility index (Phi) is 4.38. The minimum Gasteiger partial charge on any atom is -0.0881 e. The van der Waals surface area contributed by atoms with Gasteiger partial charge in [-0.3, -0.25) is 0 Å². The first-order valence-corrected chi connectivity index (χ1v) is 6.92. The maximum absolute atomic E-state index is 3.82. The fourth-order valence-electron chi connectivity index (χ4n) is 1.98. The van der Waals surface area contributed by atoms with Crippen molar-refractivity contribution in [2.45, 2.75) is 24.1 Å². The SMILES string of the molecule is CC(c1ccccc1)C(Br)Cc1ccccc1. The molecule has 0 aliphatic heterocycles. The third kappa shape index (κ3) is 3.44. The van der Waals surface area contributed by atoms with Crippen LogP contribution in [0.3, 0.4) is 0 Å². The maximum atomic E-state index is 3.82. The van der Waals surface area contributed by atoms with Gasteiger partial charge in [0, 0.05) is 4.83 Å². The van der Waals surface area contributed by atoms with Crippen molar-refractivity contribution in [1.82, 2.24) is 0 Å². The zero-order valence-corrected chi connectivity index (χ0v) is 11.6. The molecule has 2 aromatic rings. The largest absolute Gasteiger partial charge is 0.0881 e. The smallest absolute Gasteiger partial charge is 0.0252 e. The van der Waals surface area contributed by atoms with Crippen LogP contribution in [0.2, 0.25) is 0 Å². The van der Waals surface area contributed by atoms with Gasteiger partial charge in [0.1, 0.15) is 0 Å². The van der Waals surface area contributed by atoms with Gasteiger partial charge < -0.3 is 0 Å². The van der Waals surface area contributed by atoms with E-state index < -0.39 is 0 Å². The lowest BCUT2D eigenvalue weighted by Gasteiger charge is -2.18. The molecule has 0 nitrogen and oxygen atoms in total. The minimum absolute atomic E-state index is 0.479. The van der Waals surface area contributed by atoms with Crippen molar-refractivity contribution in [2.75, 3.05) is 0 Å². The van der Waals surface area contributed by atoms with E-state index in [4.69, 9.17) is 0 Å². The van der Waals surface area contributed by atoms with Gasteiger partial charge in [0.25, 0.3) is 0 Å². The molecule has 0 saturated heterocycles. The summed E-state index contributed by atoms with van der Waals surface area (Å²) in [7, 11) is 0.